The van der Waals surface area contributed by atoms with Gasteiger partial charge in [-0.1, -0.05) is 6.92 Å². The summed E-state index contributed by atoms with van der Waals surface area (Å²) in [5.41, 5.74) is -5.22. The van der Waals surface area contributed by atoms with E-state index in [1.54, 1.807) is 0 Å². The molecule has 0 heterocycles. The Morgan fingerprint density at radius 1 is 1.14 bits per heavy atom. The lowest BCUT2D eigenvalue weighted by Crippen LogP contribution is -2.39. The van der Waals surface area contributed by atoms with E-state index in [9.17, 15) is 21.6 Å². The van der Waals surface area contributed by atoms with Gasteiger partial charge in [0.1, 0.15) is 0 Å². The predicted molar refractivity (Wildman–Crippen MR) is 46.1 cm³/mol. The fourth-order valence-corrected chi connectivity index (χ4v) is 1.19. The van der Waals surface area contributed by atoms with Crippen LogP contribution in [0.15, 0.2) is 0 Å². The van der Waals surface area contributed by atoms with Gasteiger partial charge in [0, 0.05) is 13.1 Å². The van der Waals surface area contributed by atoms with Crippen LogP contribution < -0.4 is 10.0 Å². The molecule has 2 N–H and O–H groups in total. The maximum absolute atomic E-state index is 11.7. The summed E-state index contributed by atoms with van der Waals surface area (Å²) in [6, 6.07) is 0. The minimum atomic E-state index is -5.22. The van der Waals surface area contributed by atoms with E-state index in [0.29, 0.717) is 6.54 Å². The van der Waals surface area contributed by atoms with Crippen molar-refractivity contribution in [1.82, 2.24) is 10.0 Å². The van der Waals surface area contributed by atoms with Crippen LogP contribution in [0, 0.1) is 0 Å². The average Bonchev–Trinajstić information content (AvgIpc) is 2.02. The van der Waals surface area contributed by atoms with Crippen molar-refractivity contribution in [3.05, 3.63) is 0 Å². The van der Waals surface area contributed by atoms with Crippen LogP contribution in [0.5, 0.6) is 0 Å². The van der Waals surface area contributed by atoms with E-state index in [1.165, 1.54) is 4.72 Å². The van der Waals surface area contributed by atoms with Crippen LogP contribution in [0.3, 0.4) is 0 Å². The van der Waals surface area contributed by atoms with E-state index < -0.39 is 15.5 Å². The van der Waals surface area contributed by atoms with E-state index in [4.69, 9.17) is 0 Å². The lowest BCUT2D eigenvalue weighted by atomic mass is 10.5. The molecule has 0 saturated carbocycles. The molecule has 0 bridgehead atoms. The average molecular weight is 234 g/mol. The molecule has 0 aliphatic rings. The monoisotopic (exact) mass is 234 g/mol. The summed E-state index contributed by atoms with van der Waals surface area (Å²) in [5, 5.41) is 2.76. The number of nitrogens with one attached hydrogen (secondary N) is 2. The van der Waals surface area contributed by atoms with Gasteiger partial charge in [-0.3, -0.25) is 0 Å². The van der Waals surface area contributed by atoms with Gasteiger partial charge in [-0.15, -0.1) is 0 Å². The number of sulfonamides is 1. The minimum Gasteiger partial charge on any atom is -0.315 e. The number of halogens is 3. The van der Waals surface area contributed by atoms with Gasteiger partial charge in [0.25, 0.3) is 0 Å². The molecule has 0 aromatic rings. The molecule has 0 aliphatic carbocycles. The van der Waals surface area contributed by atoms with Crippen LogP contribution in [-0.2, 0) is 10.0 Å². The molecule has 0 unspecified atom stereocenters. The van der Waals surface area contributed by atoms with Crippen LogP contribution in [-0.4, -0.2) is 33.6 Å². The molecule has 0 aliphatic heterocycles. The second-order valence-electron chi connectivity index (χ2n) is 2.59. The third kappa shape index (κ3) is 4.77. The molecule has 86 valence electrons. The number of alkyl halides is 3. The van der Waals surface area contributed by atoms with Crippen molar-refractivity contribution in [3.63, 3.8) is 0 Å². The van der Waals surface area contributed by atoms with Crippen molar-refractivity contribution in [2.45, 2.75) is 18.9 Å². The lowest BCUT2D eigenvalue weighted by Gasteiger charge is -2.09. The third-order valence-electron chi connectivity index (χ3n) is 1.33. The summed E-state index contributed by atoms with van der Waals surface area (Å²) in [5.74, 6) is 0. The van der Waals surface area contributed by atoms with Crippen molar-refractivity contribution in [2.24, 2.45) is 0 Å². The van der Waals surface area contributed by atoms with Gasteiger partial charge in [0.2, 0.25) is 0 Å². The van der Waals surface area contributed by atoms with Crippen LogP contribution in [0.1, 0.15) is 13.3 Å². The Labute approximate surface area is 80.9 Å². The summed E-state index contributed by atoms with van der Waals surface area (Å²) >= 11 is 0. The fourth-order valence-electron chi connectivity index (χ4n) is 0.657. The Hall–Kier alpha value is -0.340. The molecule has 0 fully saturated rings. The molecule has 0 aromatic carbocycles. The topological polar surface area (TPSA) is 58.2 Å². The number of rotatable bonds is 6. The zero-order valence-electron chi connectivity index (χ0n) is 7.69. The zero-order valence-corrected chi connectivity index (χ0v) is 8.50. The molecule has 4 nitrogen and oxygen atoms in total. The van der Waals surface area contributed by atoms with E-state index in [1.807, 2.05) is 6.92 Å². The van der Waals surface area contributed by atoms with Crippen molar-refractivity contribution >= 4 is 10.0 Å². The first-order valence-electron chi connectivity index (χ1n) is 4.08. The highest BCUT2D eigenvalue weighted by molar-refractivity contribution is 7.90. The smallest absolute Gasteiger partial charge is 0.315 e. The first-order chi connectivity index (χ1) is 6.31. The Bertz CT molecular complexity index is 250. The summed E-state index contributed by atoms with van der Waals surface area (Å²) < 4.78 is 57.5. The van der Waals surface area contributed by atoms with Gasteiger partial charge in [-0.2, -0.15) is 13.2 Å². The molecular weight excluding hydrogens is 221 g/mol. The van der Waals surface area contributed by atoms with E-state index in [2.05, 4.69) is 5.32 Å². The van der Waals surface area contributed by atoms with E-state index in [0.717, 1.165) is 6.42 Å². The molecule has 0 radical (unpaired) electrons. The van der Waals surface area contributed by atoms with Gasteiger partial charge in [-0.25, -0.2) is 13.1 Å². The first-order valence-corrected chi connectivity index (χ1v) is 5.56. The van der Waals surface area contributed by atoms with E-state index >= 15 is 0 Å². The van der Waals surface area contributed by atoms with Crippen molar-refractivity contribution in [1.29, 1.82) is 0 Å². The van der Waals surface area contributed by atoms with Crippen LogP contribution in [0.2, 0.25) is 0 Å². The standard InChI is InChI=1S/C6H13F3N2O2S/c1-2-3-10-4-5-11-14(12,13)6(7,8)9/h10-11H,2-5H2,1H3. The Morgan fingerprint density at radius 3 is 2.14 bits per heavy atom. The molecule has 0 rings (SSSR count). The molecule has 0 atom stereocenters. The highest BCUT2D eigenvalue weighted by atomic mass is 32.2. The quantitative estimate of drug-likeness (QED) is 0.655. The fraction of sp³-hybridized carbons (Fsp3) is 1.00. The molecule has 0 spiro atoms. The third-order valence-corrected chi connectivity index (χ3v) is 2.52. The Morgan fingerprint density at radius 2 is 1.71 bits per heavy atom. The van der Waals surface area contributed by atoms with Crippen LogP contribution in [0.4, 0.5) is 13.2 Å². The van der Waals surface area contributed by atoms with Crippen LogP contribution >= 0.6 is 0 Å². The molecule has 0 amide bonds. The first kappa shape index (κ1) is 13.7. The normalized spacial score (nSPS) is 13.1. The Balaban J connectivity index is 3.80. The SMILES string of the molecule is CCCNCCNS(=O)(=O)C(F)(F)F. The van der Waals surface area contributed by atoms with Gasteiger partial charge < -0.3 is 5.32 Å². The van der Waals surface area contributed by atoms with Crippen molar-refractivity contribution in [3.8, 4) is 0 Å². The number of hydrogen-bond donors (Lipinski definition) is 2. The highest BCUT2D eigenvalue weighted by Crippen LogP contribution is 2.20. The predicted octanol–water partition coefficient (Wildman–Crippen LogP) is 0.425. The van der Waals surface area contributed by atoms with Crippen molar-refractivity contribution in [2.75, 3.05) is 19.6 Å². The molecule has 8 heteroatoms. The summed E-state index contributed by atoms with van der Waals surface area (Å²) in [6.07, 6.45) is 0.839. The molecule has 14 heavy (non-hydrogen) atoms. The van der Waals surface area contributed by atoms with Gasteiger partial charge >= 0.3 is 15.5 Å². The molecular formula is C6H13F3N2O2S. The lowest BCUT2D eigenvalue weighted by molar-refractivity contribution is -0.0447. The second kappa shape index (κ2) is 5.52. The summed E-state index contributed by atoms with van der Waals surface area (Å²) in [7, 11) is -5.17. The summed E-state index contributed by atoms with van der Waals surface area (Å²) in [4.78, 5) is 0. The van der Waals surface area contributed by atoms with Gasteiger partial charge in [-0.05, 0) is 13.0 Å². The van der Waals surface area contributed by atoms with Crippen LogP contribution in [0.25, 0.3) is 0 Å². The van der Waals surface area contributed by atoms with E-state index in [-0.39, 0.29) is 13.1 Å². The number of hydrogen-bond acceptors (Lipinski definition) is 3. The maximum Gasteiger partial charge on any atom is 0.511 e. The largest absolute Gasteiger partial charge is 0.511 e. The maximum atomic E-state index is 11.7. The summed E-state index contributed by atoms with van der Waals surface area (Å²) in [6.45, 7) is 2.46. The van der Waals surface area contributed by atoms with Crippen molar-refractivity contribution < 1.29 is 21.6 Å². The second-order valence-corrected chi connectivity index (χ2v) is 4.35. The Kier molecular flexibility index (Phi) is 5.38. The molecule has 0 aromatic heterocycles. The highest BCUT2D eigenvalue weighted by Gasteiger charge is 2.45. The van der Waals surface area contributed by atoms with Gasteiger partial charge in [0.15, 0.2) is 0 Å². The zero-order chi connectivity index (χ0) is 11.2. The molecule has 0 saturated heterocycles. The minimum absolute atomic E-state index is 0.184. The van der Waals surface area contributed by atoms with Gasteiger partial charge in [0.05, 0.1) is 0 Å².